The number of sulfonamides is 1. The van der Waals surface area contributed by atoms with E-state index >= 15 is 0 Å². The highest BCUT2D eigenvalue weighted by atomic mass is 32.2. The second-order valence-corrected chi connectivity index (χ2v) is 8.60. The Kier molecular flexibility index (Phi) is 4.43. The standard InChI is InChI=1S/C11H13N3O2S4/c1-3-7-6(2)18-11(13-7)14-20(15,16)9-5-4-8(19-9)10(12)17/h4-5H,3H2,1-2H3,(H2,12,17)(H,13,14). The molecule has 0 atom stereocenters. The molecule has 2 rings (SSSR count). The van der Waals surface area contributed by atoms with Crippen LogP contribution in [-0.2, 0) is 16.4 Å². The maximum absolute atomic E-state index is 12.2. The Hall–Kier alpha value is -1.03. The summed E-state index contributed by atoms with van der Waals surface area (Å²) in [5, 5.41) is 0.379. The first kappa shape index (κ1) is 15.4. The number of nitrogens with one attached hydrogen (secondary N) is 1. The van der Waals surface area contributed by atoms with E-state index in [1.165, 1.54) is 17.4 Å². The highest BCUT2D eigenvalue weighted by molar-refractivity contribution is 7.95. The second-order valence-electron chi connectivity index (χ2n) is 3.96. The molecule has 0 aliphatic rings. The lowest BCUT2D eigenvalue weighted by Crippen LogP contribution is -2.11. The van der Waals surface area contributed by atoms with Gasteiger partial charge in [-0.25, -0.2) is 13.4 Å². The minimum atomic E-state index is -3.64. The van der Waals surface area contributed by atoms with E-state index in [-0.39, 0.29) is 9.20 Å². The van der Waals surface area contributed by atoms with E-state index in [9.17, 15) is 8.42 Å². The first-order valence-electron chi connectivity index (χ1n) is 5.72. The summed E-state index contributed by atoms with van der Waals surface area (Å²) in [5.41, 5.74) is 6.39. The van der Waals surface area contributed by atoms with Crippen LogP contribution < -0.4 is 10.5 Å². The fourth-order valence-electron chi connectivity index (χ4n) is 1.56. The molecule has 0 spiro atoms. The van der Waals surface area contributed by atoms with Crippen LogP contribution in [0.15, 0.2) is 16.3 Å². The number of thiocarbonyl (C=S) groups is 1. The van der Waals surface area contributed by atoms with Gasteiger partial charge in [0.1, 0.15) is 9.20 Å². The van der Waals surface area contributed by atoms with Gasteiger partial charge >= 0.3 is 0 Å². The molecule has 0 aromatic carbocycles. The fraction of sp³-hybridized carbons (Fsp3) is 0.273. The Labute approximate surface area is 130 Å². The van der Waals surface area contributed by atoms with Gasteiger partial charge in [-0.3, -0.25) is 4.72 Å². The van der Waals surface area contributed by atoms with Crippen molar-refractivity contribution < 1.29 is 8.42 Å². The minimum absolute atomic E-state index is 0.172. The van der Waals surface area contributed by atoms with Crippen molar-refractivity contribution >= 4 is 55.0 Å². The van der Waals surface area contributed by atoms with Gasteiger partial charge in [0.2, 0.25) is 0 Å². The topological polar surface area (TPSA) is 85.1 Å². The van der Waals surface area contributed by atoms with Crippen LogP contribution in [0, 0.1) is 6.92 Å². The van der Waals surface area contributed by atoms with Crippen LogP contribution >= 0.6 is 34.9 Å². The number of hydrogen-bond acceptors (Lipinski definition) is 6. The van der Waals surface area contributed by atoms with Gasteiger partial charge in [0.25, 0.3) is 10.0 Å². The van der Waals surface area contributed by atoms with E-state index < -0.39 is 10.0 Å². The van der Waals surface area contributed by atoms with Crippen LogP contribution in [0.4, 0.5) is 5.13 Å². The third-order valence-electron chi connectivity index (χ3n) is 2.54. The van der Waals surface area contributed by atoms with Gasteiger partial charge in [-0.05, 0) is 25.5 Å². The molecular formula is C11H13N3O2S4. The zero-order valence-electron chi connectivity index (χ0n) is 10.8. The molecule has 2 heterocycles. The number of thiophene rings is 1. The third-order valence-corrected chi connectivity index (χ3v) is 6.89. The second kappa shape index (κ2) is 5.76. The molecular weight excluding hydrogens is 334 g/mol. The van der Waals surface area contributed by atoms with Gasteiger partial charge in [0.15, 0.2) is 5.13 Å². The fourth-order valence-corrected chi connectivity index (χ4v) is 5.05. The van der Waals surface area contributed by atoms with Crippen LogP contribution in [0.1, 0.15) is 22.4 Å². The summed E-state index contributed by atoms with van der Waals surface area (Å²) >= 11 is 7.20. The first-order valence-corrected chi connectivity index (χ1v) is 9.24. The highest BCUT2D eigenvalue weighted by Gasteiger charge is 2.19. The monoisotopic (exact) mass is 347 g/mol. The summed E-state index contributed by atoms with van der Waals surface area (Å²) in [6, 6.07) is 3.09. The minimum Gasteiger partial charge on any atom is -0.389 e. The quantitative estimate of drug-likeness (QED) is 0.812. The van der Waals surface area contributed by atoms with E-state index in [1.54, 1.807) is 6.07 Å². The van der Waals surface area contributed by atoms with Gasteiger partial charge in [0.05, 0.1) is 10.6 Å². The molecule has 0 amide bonds. The van der Waals surface area contributed by atoms with Crippen molar-refractivity contribution in [2.24, 2.45) is 5.73 Å². The number of anilines is 1. The molecule has 0 saturated heterocycles. The number of aromatic nitrogens is 1. The van der Waals surface area contributed by atoms with Crippen LogP contribution in [-0.4, -0.2) is 18.4 Å². The average molecular weight is 348 g/mol. The van der Waals surface area contributed by atoms with Gasteiger partial charge in [-0.2, -0.15) is 0 Å². The summed E-state index contributed by atoms with van der Waals surface area (Å²) in [5.74, 6) is 0. The van der Waals surface area contributed by atoms with Crippen LogP contribution in [0.2, 0.25) is 0 Å². The number of rotatable bonds is 5. The smallest absolute Gasteiger partial charge is 0.273 e. The molecule has 0 saturated carbocycles. The van der Waals surface area contributed by atoms with Crippen molar-refractivity contribution in [3.8, 4) is 0 Å². The lowest BCUT2D eigenvalue weighted by atomic mass is 10.3. The SMILES string of the molecule is CCc1nc(NS(=O)(=O)c2ccc(C(N)=S)s2)sc1C. The molecule has 5 nitrogen and oxygen atoms in total. The van der Waals surface area contributed by atoms with Crippen LogP contribution in [0.5, 0.6) is 0 Å². The summed E-state index contributed by atoms with van der Waals surface area (Å²) in [7, 11) is -3.64. The lowest BCUT2D eigenvalue weighted by Gasteiger charge is -2.01. The zero-order valence-corrected chi connectivity index (χ0v) is 14.1. The van der Waals surface area contributed by atoms with Crippen LogP contribution in [0.25, 0.3) is 0 Å². The number of aryl methyl sites for hydroxylation is 2. The Morgan fingerprint density at radius 2 is 2.15 bits per heavy atom. The first-order chi connectivity index (χ1) is 9.33. The van der Waals surface area contributed by atoms with E-state index in [0.717, 1.165) is 28.3 Å². The van der Waals surface area contributed by atoms with E-state index in [1.807, 2.05) is 13.8 Å². The maximum atomic E-state index is 12.2. The van der Waals surface area contributed by atoms with Gasteiger partial charge in [0, 0.05) is 4.88 Å². The van der Waals surface area contributed by atoms with Gasteiger partial charge < -0.3 is 5.73 Å². The molecule has 0 unspecified atom stereocenters. The number of nitrogens with two attached hydrogens (primary N) is 1. The predicted molar refractivity (Wildman–Crippen MR) is 87.2 cm³/mol. The van der Waals surface area contributed by atoms with E-state index in [2.05, 4.69) is 9.71 Å². The van der Waals surface area contributed by atoms with E-state index in [0.29, 0.717) is 10.0 Å². The third kappa shape index (κ3) is 3.17. The lowest BCUT2D eigenvalue weighted by molar-refractivity contribution is 0.603. The largest absolute Gasteiger partial charge is 0.389 e. The summed E-state index contributed by atoms with van der Waals surface area (Å²) in [4.78, 5) is 6.04. The van der Waals surface area contributed by atoms with E-state index in [4.69, 9.17) is 18.0 Å². The molecule has 0 fully saturated rings. The molecule has 0 radical (unpaired) electrons. The average Bonchev–Trinajstić information content (AvgIpc) is 2.95. The Balaban J connectivity index is 2.27. The molecule has 3 N–H and O–H groups in total. The molecule has 0 aliphatic heterocycles. The predicted octanol–water partition coefficient (Wildman–Crippen LogP) is 2.51. The molecule has 108 valence electrons. The van der Waals surface area contributed by atoms with Crippen LogP contribution in [0.3, 0.4) is 0 Å². The van der Waals surface area contributed by atoms with Crippen molar-refractivity contribution in [3.05, 3.63) is 27.6 Å². The summed E-state index contributed by atoms with van der Waals surface area (Å²) < 4.78 is 27.1. The Morgan fingerprint density at radius 3 is 2.65 bits per heavy atom. The Morgan fingerprint density at radius 1 is 1.45 bits per heavy atom. The molecule has 2 aromatic rings. The normalized spacial score (nSPS) is 11.5. The molecule has 0 bridgehead atoms. The van der Waals surface area contributed by atoms with Gasteiger partial charge in [-0.1, -0.05) is 19.1 Å². The van der Waals surface area contributed by atoms with Gasteiger partial charge in [-0.15, -0.1) is 22.7 Å². The van der Waals surface area contributed by atoms with Crippen molar-refractivity contribution in [2.75, 3.05) is 4.72 Å². The summed E-state index contributed by atoms with van der Waals surface area (Å²) in [6.45, 7) is 3.90. The van der Waals surface area contributed by atoms with Crippen molar-refractivity contribution in [1.29, 1.82) is 0 Å². The van der Waals surface area contributed by atoms with Crippen molar-refractivity contribution in [1.82, 2.24) is 4.98 Å². The van der Waals surface area contributed by atoms with Crippen molar-refractivity contribution in [3.63, 3.8) is 0 Å². The summed E-state index contributed by atoms with van der Waals surface area (Å²) in [6.07, 6.45) is 0.772. The highest BCUT2D eigenvalue weighted by Crippen LogP contribution is 2.27. The molecule has 2 aromatic heterocycles. The molecule has 20 heavy (non-hydrogen) atoms. The number of hydrogen-bond donors (Lipinski definition) is 2. The Bertz CT molecular complexity index is 746. The zero-order chi connectivity index (χ0) is 14.9. The number of thiazole rings is 1. The van der Waals surface area contributed by atoms with Crippen molar-refractivity contribution in [2.45, 2.75) is 24.5 Å². The maximum Gasteiger partial charge on any atom is 0.273 e. The number of nitrogens with zero attached hydrogens (tertiary/aromatic N) is 1. The molecule has 0 aliphatic carbocycles. The molecule has 9 heteroatoms.